The molecule has 0 spiro atoms. The Morgan fingerprint density at radius 3 is 2.52 bits per heavy atom. The first-order valence-electron chi connectivity index (χ1n) is 8.96. The quantitative estimate of drug-likeness (QED) is 0.374. The zero-order valence-electron chi connectivity index (χ0n) is 15.0. The van der Waals surface area contributed by atoms with Gasteiger partial charge in [-0.3, -0.25) is 4.99 Å². The number of hydrogen-bond acceptors (Lipinski definition) is 3. The van der Waals surface area contributed by atoms with Gasteiger partial charge in [0.2, 0.25) is 0 Å². The van der Waals surface area contributed by atoms with Gasteiger partial charge >= 0.3 is 0 Å². The van der Waals surface area contributed by atoms with Crippen LogP contribution < -0.4 is 10.6 Å². The Hall–Kier alpha value is -2.27. The SMILES string of the molecule is COCCCCN=C(NCCc1ccccc1)NCCc1ccco1. The fraction of sp³-hybridized carbons (Fsp3) is 0.450. The smallest absolute Gasteiger partial charge is 0.191 e. The van der Waals surface area contributed by atoms with Crippen LogP contribution >= 0.6 is 0 Å². The number of unbranched alkanes of at least 4 members (excludes halogenated alkanes) is 1. The van der Waals surface area contributed by atoms with Gasteiger partial charge in [-0.05, 0) is 37.0 Å². The van der Waals surface area contributed by atoms with Gasteiger partial charge in [0.15, 0.2) is 5.96 Å². The highest BCUT2D eigenvalue weighted by atomic mass is 16.5. The van der Waals surface area contributed by atoms with Crippen LogP contribution in [0.1, 0.15) is 24.2 Å². The molecule has 25 heavy (non-hydrogen) atoms. The number of furan rings is 1. The highest BCUT2D eigenvalue weighted by Crippen LogP contribution is 2.00. The van der Waals surface area contributed by atoms with Gasteiger partial charge in [0, 0.05) is 39.8 Å². The molecule has 5 heteroatoms. The Balaban J connectivity index is 1.74. The minimum atomic E-state index is 0.790. The van der Waals surface area contributed by atoms with E-state index in [-0.39, 0.29) is 0 Å². The van der Waals surface area contributed by atoms with Crippen molar-refractivity contribution >= 4 is 5.96 Å². The van der Waals surface area contributed by atoms with Crippen molar-refractivity contribution in [2.45, 2.75) is 25.7 Å². The standard InChI is InChI=1S/C20H29N3O2/c1-24-16-6-5-13-21-20(23-15-12-19-10-7-17-25-19)22-14-11-18-8-3-2-4-9-18/h2-4,7-10,17H,5-6,11-16H2,1H3,(H2,21,22,23). The third-order valence-electron chi connectivity index (χ3n) is 3.82. The van der Waals surface area contributed by atoms with Gasteiger partial charge in [0.25, 0.3) is 0 Å². The van der Waals surface area contributed by atoms with Crippen molar-refractivity contribution in [2.24, 2.45) is 4.99 Å². The maximum absolute atomic E-state index is 5.37. The number of guanidine groups is 1. The lowest BCUT2D eigenvalue weighted by Crippen LogP contribution is -2.39. The molecule has 2 aromatic rings. The van der Waals surface area contributed by atoms with Crippen LogP contribution in [0.15, 0.2) is 58.1 Å². The molecule has 136 valence electrons. The number of ether oxygens (including phenoxy) is 1. The van der Waals surface area contributed by atoms with E-state index in [4.69, 9.17) is 9.15 Å². The molecular formula is C20H29N3O2. The molecule has 0 unspecified atom stereocenters. The van der Waals surface area contributed by atoms with Crippen molar-refractivity contribution in [3.63, 3.8) is 0 Å². The zero-order valence-corrected chi connectivity index (χ0v) is 15.0. The lowest BCUT2D eigenvalue weighted by Gasteiger charge is -2.12. The number of aliphatic imine (C=N–C) groups is 1. The number of hydrogen-bond donors (Lipinski definition) is 2. The first-order chi connectivity index (χ1) is 12.4. The predicted octanol–water partition coefficient (Wildman–Crippen LogP) is 3.03. The van der Waals surface area contributed by atoms with Gasteiger partial charge in [-0.15, -0.1) is 0 Å². The summed E-state index contributed by atoms with van der Waals surface area (Å²) in [5, 5.41) is 6.80. The first kappa shape index (κ1) is 19.1. The summed E-state index contributed by atoms with van der Waals surface area (Å²) < 4.78 is 10.4. The van der Waals surface area contributed by atoms with Gasteiger partial charge in [-0.1, -0.05) is 30.3 Å². The maximum atomic E-state index is 5.37. The van der Waals surface area contributed by atoms with Gasteiger partial charge in [-0.2, -0.15) is 0 Å². The Labute approximate surface area is 150 Å². The lowest BCUT2D eigenvalue weighted by atomic mass is 10.1. The summed E-state index contributed by atoms with van der Waals surface area (Å²) in [6.07, 6.45) is 5.58. The fourth-order valence-electron chi connectivity index (χ4n) is 2.45. The second-order valence-corrected chi connectivity index (χ2v) is 5.85. The molecule has 0 aliphatic carbocycles. The van der Waals surface area contributed by atoms with Crippen LogP contribution in [0.5, 0.6) is 0 Å². The second kappa shape index (κ2) is 12.1. The van der Waals surface area contributed by atoms with E-state index >= 15 is 0 Å². The molecule has 0 atom stereocenters. The molecule has 0 radical (unpaired) electrons. The highest BCUT2D eigenvalue weighted by molar-refractivity contribution is 5.79. The van der Waals surface area contributed by atoms with Crippen LogP contribution in [-0.2, 0) is 17.6 Å². The average molecular weight is 343 g/mol. The van der Waals surface area contributed by atoms with E-state index < -0.39 is 0 Å². The number of methoxy groups -OCH3 is 1. The van der Waals surface area contributed by atoms with Crippen molar-refractivity contribution in [1.29, 1.82) is 0 Å². The predicted molar refractivity (Wildman–Crippen MR) is 102 cm³/mol. The Kier molecular flexibility index (Phi) is 9.26. The number of nitrogens with zero attached hydrogens (tertiary/aromatic N) is 1. The van der Waals surface area contributed by atoms with E-state index in [9.17, 15) is 0 Å². The van der Waals surface area contributed by atoms with Crippen LogP contribution in [0.3, 0.4) is 0 Å². The maximum Gasteiger partial charge on any atom is 0.191 e. The van der Waals surface area contributed by atoms with Crippen molar-refractivity contribution in [3.05, 3.63) is 60.1 Å². The Morgan fingerprint density at radius 1 is 1.00 bits per heavy atom. The second-order valence-electron chi connectivity index (χ2n) is 5.85. The molecule has 0 aliphatic heterocycles. The van der Waals surface area contributed by atoms with E-state index in [0.717, 1.165) is 63.6 Å². The first-order valence-corrected chi connectivity index (χ1v) is 8.96. The molecule has 0 fully saturated rings. The van der Waals surface area contributed by atoms with Crippen molar-refractivity contribution in [1.82, 2.24) is 10.6 Å². The summed E-state index contributed by atoms with van der Waals surface area (Å²) in [6, 6.07) is 14.4. The highest BCUT2D eigenvalue weighted by Gasteiger charge is 2.01. The molecular weight excluding hydrogens is 314 g/mol. The lowest BCUT2D eigenvalue weighted by molar-refractivity contribution is 0.193. The van der Waals surface area contributed by atoms with E-state index in [1.54, 1.807) is 13.4 Å². The third kappa shape index (κ3) is 8.40. The number of benzene rings is 1. The molecule has 0 saturated carbocycles. The third-order valence-corrected chi connectivity index (χ3v) is 3.82. The van der Waals surface area contributed by atoms with Crippen LogP contribution in [0.25, 0.3) is 0 Å². The topological polar surface area (TPSA) is 58.8 Å². The summed E-state index contributed by atoms with van der Waals surface area (Å²) >= 11 is 0. The van der Waals surface area contributed by atoms with Crippen LogP contribution in [0.4, 0.5) is 0 Å². The minimum absolute atomic E-state index is 0.790. The van der Waals surface area contributed by atoms with E-state index in [1.807, 2.05) is 18.2 Å². The Bertz CT molecular complexity index is 582. The summed E-state index contributed by atoms with van der Waals surface area (Å²) in [5.41, 5.74) is 1.32. The molecule has 1 aromatic heterocycles. The molecule has 0 saturated heterocycles. The summed E-state index contributed by atoms with van der Waals surface area (Å²) in [4.78, 5) is 4.65. The average Bonchev–Trinajstić information content (AvgIpc) is 3.15. The van der Waals surface area contributed by atoms with Crippen molar-refractivity contribution in [3.8, 4) is 0 Å². The van der Waals surface area contributed by atoms with Crippen LogP contribution in [-0.4, -0.2) is 39.3 Å². The summed E-state index contributed by atoms with van der Waals surface area (Å²) in [7, 11) is 1.73. The van der Waals surface area contributed by atoms with Crippen molar-refractivity contribution in [2.75, 3.05) is 33.4 Å². The normalized spacial score (nSPS) is 11.5. The molecule has 0 bridgehead atoms. The van der Waals surface area contributed by atoms with E-state index in [2.05, 4.69) is 39.9 Å². The fourth-order valence-corrected chi connectivity index (χ4v) is 2.45. The number of nitrogens with one attached hydrogen (secondary N) is 2. The van der Waals surface area contributed by atoms with Crippen LogP contribution in [0, 0.1) is 0 Å². The zero-order chi connectivity index (χ0) is 17.6. The van der Waals surface area contributed by atoms with Gasteiger partial charge in [0.1, 0.15) is 5.76 Å². The van der Waals surface area contributed by atoms with Crippen LogP contribution in [0.2, 0.25) is 0 Å². The summed E-state index contributed by atoms with van der Waals surface area (Å²) in [6.45, 7) is 3.24. The molecule has 5 nitrogen and oxygen atoms in total. The van der Waals surface area contributed by atoms with Gasteiger partial charge < -0.3 is 19.8 Å². The summed E-state index contributed by atoms with van der Waals surface area (Å²) in [5.74, 6) is 1.84. The molecule has 1 heterocycles. The monoisotopic (exact) mass is 343 g/mol. The molecule has 0 aliphatic rings. The molecule has 1 aromatic carbocycles. The largest absolute Gasteiger partial charge is 0.469 e. The minimum Gasteiger partial charge on any atom is -0.469 e. The number of rotatable bonds is 11. The van der Waals surface area contributed by atoms with Gasteiger partial charge in [-0.25, -0.2) is 0 Å². The molecule has 0 amide bonds. The van der Waals surface area contributed by atoms with Gasteiger partial charge in [0.05, 0.1) is 6.26 Å². The van der Waals surface area contributed by atoms with E-state index in [1.165, 1.54) is 5.56 Å². The van der Waals surface area contributed by atoms with Crippen molar-refractivity contribution < 1.29 is 9.15 Å². The molecule has 2 N–H and O–H groups in total. The Morgan fingerprint density at radius 2 is 1.80 bits per heavy atom. The van der Waals surface area contributed by atoms with E-state index in [0.29, 0.717) is 0 Å². The molecule has 2 rings (SSSR count).